The van der Waals surface area contributed by atoms with Crippen LogP contribution in [0.25, 0.3) is 33.1 Å². The molecule has 184 valence electrons. The summed E-state index contributed by atoms with van der Waals surface area (Å²) < 4.78 is 26.8. The highest BCUT2D eigenvalue weighted by Gasteiger charge is 2.20. The summed E-state index contributed by atoms with van der Waals surface area (Å²) in [6.45, 7) is 2.40. The molecule has 0 aliphatic heterocycles. The SMILES string of the molecule is COCCN(CCOC)Cc1c(O)ccc2c(-c3cc4cccc(OC)c4oc3=O)cc(=O)oc12. The number of aromatic hydroxyl groups is 1. The molecule has 0 spiro atoms. The van der Waals surface area contributed by atoms with E-state index >= 15 is 0 Å². The second-order valence-electron chi connectivity index (χ2n) is 8.01. The van der Waals surface area contributed by atoms with Crippen LogP contribution in [0, 0.1) is 0 Å². The average molecular weight is 482 g/mol. The van der Waals surface area contributed by atoms with Crippen LogP contribution in [0.1, 0.15) is 5.56 Å². The van der Waals surface area contributed by atoms with Gasteiger partial charge < -0.3 is 28.2 Å². The van der Waals surface area contributed by atoms with Gasteiger partial charge in [-0.15, -0.1) is 0 Å². The second-order valence-corrected chi connectivity index (χ2v) is 8.01. The summed E-state index contributed by atoms with van der Waals surface area (Å²) in [6, 6.07) is 11.3. The topological polar surface area (TPSA) is 112 Å². The van der Waals surface area contributed by atoms with Crippen LogP contribution in [0.2, 0.25) is 0 Å². The summed E-state index contributed by atoms with van der Waals surface area (Å²) >= 11 is 0. The molecule has 9 nitrogen and oxygen atoms in total. The lowest BCUT2D eigenvalue weighted by Crippen LogP contribution is -2.30. The lowest BCUT2D eigenvalue weighted by Gasteiger charge is -2.22. The minimum Gasteiger partial charge on any atom is -0.507 e. The highest BCUT2D eigenvalue weighted by atomic mass is 16.5. The molecule has 0 atom stereocenters. The Morgan fingerprint density at radius 3 is 2.31 bits per heavy atom. The van der Waals surface area contributed by atoms with Gasteiger partial charge in [0.25, 0.3) is 0 Å². The Kier molecular flexibility index (Phi) is 7.50. The van der Waals surface area contributed by atoms with Gasteiger partial charge in [-0.3, -0.25) is 4.90 Å². The molecule has 4 rings (SSSR count). The van der Waals surface area contributed by atoms with Crippen molar-refractivity contribution in [1.82, 2.24) is 4.90 Å². The van der Waals surface area contributed by atoms with E-state index in [9.17, 15) is 14.7 Å². The number of rotatable bonds is 10. The first-order valence-electron chi connectivity index (χ1n) is 11.1. The van der Waals surface area contributed by atoms with E-state index in [0.717, 1.165) is 0 Å². The summed E-state index contributed by atoms with van der Waals surface area (Å²) in [5, 5.41) is 11.8. The minimum atomic E-state index is -0.648. The molecule has 2 aromatic carbocycles. The van der Waals surface area contributed by atoms with E-state index in [2.05, 4.69) is 0 Å². The number of ether oxygens (including phenoxy) is 3. The molecule has 0 bridgehead atoms. The van der Waals surface area contributed by atoms with Gasteiger partial charge >= 0.3 is 11.3 Å². The molecule has 0 aliphatic rings. The van der Waals surface area contributed by atoms with Crippen molar-refractivity contribution >= 4 is 21.9 Å². The minimum absolute atomic E-state index is 0.0204. The second kappa shape index (κ2) is 10.7. The molecule has 0 saturated carbocycles. The first-order chi connectivity index (χ1) is 17.0. The third-order valence-corrected chi connectivity index (χ3v) is 5.83. The van der Waals surface area contributed by atoms with Crippen molar-refractivity contribution in [3.05, 3.63) is 68.9 Å². The van der Waals surface area contributed by atoms with Crippen molar-refractivity contribution in [2.75, 3.05) is 47.6 Å². The van der Waals surface area contributed by atoms with Gasteiger partial charge in [0.1, 0.15) is 11.3 Å². The van der Waals surface area contributed by atoms with E-state index < -0.39 is 11.3 Å². The summed E-state index contributed by atoms with van der Waals surface area (Å²) in [5.74, 6) is 0.413. The van der Waals surface area contributed by atoms with Crippen molar-refractivity contribution in [3.8, 4) is 22.6 Å². The Hall–Kier alpha value is -3.66. The predicted octanol–water partition coefficient (Wildman–Crippen LogP) is 3.38. The number of benzene rings is 2. The van der Waals surface area contributed by atoms with Gasteiger partial charge in [0.05, 0.1) is 31.5 Å². The number of methoxy groups -OCH3 is 3. The summed E-state index contributed by atoms with van der Waals surface area (Å²) in [7, 11) is 4.72. The number of para-hydroxylation sites is 1. The van der Waals surface area contributed by atoms with E-state index in [1.807, 2.05) is 4.90 Å². The quantitative estimate of drug-likeness (QED) is 0.341. The summed E-state index contributed by atoms with van der Waals surface area (Å²) in [5.41, 5.74) is 0.252. The normalized spacial score (nSPS) is 11.5. The molecule has 2 heterocycles. The Balaban J connectivity index is 1.88. The largest absolute Gasteiger partial charge is 0.507 e. The highest BCUT2D eigenvalue weighted by Crippen LogP contribution is 2.34. The average Bonchev–Trinajstić information content (AvgIpc) is 2.85. The van der Waals surface area contributed by atoms with Gasteiger partial charge in [0.15, 0.2) is 11.3 Å². The summed E-state index contributed by atoms with van der Waals surface area (Å²) in [4.78, 5) is 27.6. The van der Waals surface area contributed by atoms with Crippen LogP contribution < -0.4 is 16.0 Å². The smallest absolute Gasteiger partial charge is 0.344 e. The molecule has 1 N–H and O–H groups in total. The van der Waals surface area contributed by atoms with E-state index in [-0.39, 0.29) is 23.4 Å². The molecule has 4 aromatic rings. The number of hydrogen-bond acceptors (Lipinski definition) is 9. The van der Waals surface area contributed by atoms with Crippen LogP contribution >= 0.6 is 0 Å². The third-order valence-electron chi connectivity index (χ3n) is 5.83. The number of fused-ring (bicyclic) bond motifs is 2. The van der Waals surface area contributed by atoms with Gasteiger partial charge in [-0.25, -0.2) is 9.59 Å². The van der Waals surface area contributed by atoms with Crippen LogP contribution in [0.3, 0.4) is 0 Å². The monoisotopic (exact) mass is 481 g/mol. The van der Waals surface area contributed by atoms with Crippen LogP contribution in [0.4, 0.5) is 0 Å². The molecular weight excluding hydrogens is 454 g/mol. The summed E-state index contributed by atoms with van der Waals surface area (Å²) in [6.07, 6.45) is 0. The Bertz CT molecular complexity index is 1450. The third kappa shape index (κ3) is 5.07. The molecule has 2 aromatic heterocycles. The molecule has 0 radical (unpaired) electrons. The zero-order chi connectivity index (χ0) is 24.9. The maximum absolute atomic E-state index is 13.0. The molecule has 0 unspecified atom stereocenters. The Labute approximate surface area is 201 Å². The first kappa shape index (κ1) is 24.5. The zero-order valence-corrected chi connectivity index (χ0v) is 19.8. The van der Waals surface area contributed by atoms with Crippen LogP contribution in [0.5, 0.6) is 11.5 Å². The maximum atomic E-state index is 13.0. The van der Waals surface area contributed by atoms with E-state index in [4.69, 9.17) is 23.0 Å². The van der Waals surface area contributed by atoms with Gasteiger partial charge in [0.2, 0.25) is 0 Å². The lowest BCUT2D eigenvalue weighted by molar-refractivity contribution is 0.110. The van der Waals surface area contributed by atoms with Crippen LogP contribution in [-0.4, -0.2) is 57.6 Å². The molecular formula is C26H27NO8. The predicted molar refractivity (Wildman–Crippen MR) is 131 cm³/mol. The fraction of sp³-hybridized carbons (Fsp3) is 0.308. The molecule has 0 fully saturated rings. The standard InChI is InChI=1S/C26H27NO8/c1-31-11-9-27(10-12-32-2)15-20-21(28)8-7-17-18(14-23(29)34-25(17)20)19-13-16-5-4-6-22(33-3)24(16)35-26(19)30/h4-8,13-14,28H,9-12,15H2,1-3H3. The van der Waals surface area contributed by atoms with Crippen molar-refractivity contribution in [1.29, 1.82) is 0 Å². The van der Waals surface area contributed by atoms with Crippen LogP contribution in [0.15, 0.2) is 60.9 Å². The number of phenolic OH excluding ortho intramolecular Hbond substituents is 1. The van der Waals surface area contributed by atoms with E-state index in [1.54, 1.807) is 44.6 Å². The van der Waals surface area contributed by atoms with E-state index in [0.29, 0.717) is 59.5 Å². The zero-order valence-electron chi connectivity index (χ0n) is 19.8. The molecule has 9 heteroatoms. The number of hydrogen-bond donors (Lipinski definition) is 1. The first-order valence-corrected chi connectivity index (χ1v) is 11.1. The van der Waals surface area contributed by atoms with Crippen molar-refractivity contribution in [3.63, 3.8) is 0 Å². The van der Waals surface area contributed by atoms with E-state index in [1.165, 1.54) is 19.2 Å². The van der Waals surface area contributed by atoms with Crippen LogP contribution in [-0.2, 0) is 16.0 Å². The van der Waals surface area contributed by atoms with Gasteiger partial charge in [-0.2, -0.15) is 0 Å². The van der Waals surface area contributed by atoms with Crippen molar-refractivity contribution < 1.29 is 28.2 Å². The maximum Gasteiger partial charge on any atom is 0.344 e. The highest BCUT2D eigenvalue weighted by molar-refractivity contribution is 5.97. The van der Waals surface area contributed by atoms with Gasteiger partial charge in [-0.05, 0) is 24.3 Å². The van der Waals surface area contributed by atoms with Crippen molar-refractivity contribution in [2.45, 2.75) is 6.54 Å². The van der Waals surface area contributed by atoms with Gasteiger partial charge in [-0.1, -0.05) is 12.1 Å². The fourth-order valence-electron chi connectivity index (χ4n) is 4.05. The fourth-order valence-corrected chi connectivity index (χ4v) is 4.05. The lowest BCUT2D eigenvalue weighted by atomic mass is 9.99. The molecule has 0 amide bonds. The number of phenols is 1. The Morgan fingerprint density at radius 1 is 0.886 bits per heavy atom. The van der Waals surface area contributed by atoms with Gasteiger partial charge in [0, 0.05) is 56.3 Å². The molecule has 35 heavy (non-hydrogen) atoms. The Morgan fingerprint density at radius 2 is 1.63 bits per heavy atom. The molecule has 0 aliphatic carbocycles. The molecule has 0 saturated heterocycles. The van der Waals surface area contributed by atoms with Crippen molar-refractivity contribution in [2.24, 2.45) is 0 Å². The number of nitrogens with zero attached hydrogens (tertiary/aromatic N) is 1.